The van der Waals surface area contributed by atoms with Crippen molar-refractivity contribution >= 4 is 17.3 Å². The fourth-order valence-electron chi connectivity index (χ4n) is 3.10. The van der Waals surface area contributed by atoms with Crippen molar-refractivity contribution in [2.75, 3.05) is 20.6 Å². The van der Waals surface area contributed by atoms with E-state index in [1.807, 2.05) is 0 Å². The zero-order chi connectivity index (χ0) is 13.0. The lowest BCUT2D eigenvalue weighted by atomic mass is 9.75. The largest absolute Gasteiger partial charge is 0.361 e. The molecule has 2 rings (SSSR count). The van der Waals surface area contributed by atoms with Crippen molar-refractivity contribution < 1.29 is 0 Å². The fourth-order valence-corrected chi connectivity index (χ4v) is 3.33. The third-order valence-electron chi connectivity index (χ3n) is 4.75. The topological polar surface area (TPSA) is 27.3 Å². The van der Waals surface area contributed by atoms with E-state index < -0.39 is 0 Å². The second kappa shape index (κ2) is 6.20. The van der Waals surface area contributed by atoms with Crippen LogP contribution in [0, 0.1) is 0 Å². The van der Waals surface area contributed by atoms with Gasteiger partial charge < -0.3 is 15.5 Å². The average molecular weight is 269 g/mol. The van der Waals surface area contributed by atoms with Gasteiger partial charge in [-0.05, 0) is 58.4 Å². The molecule has 2 aliphatic rings. The summed E-state index contributed by atoms with van der Waals surface area (Å²) in [6.45, 7) is 0.985. The maximum absolute atomic E-state index is 5.42. The summed E-state index contributed by atoms with van der Waals surface area (Å²) >= 11 is 5.42. The predicted octanol–water partition coefficient (Wildman–Crippen LogP) is 2.27. The summed E-state index contributed by atoms with van der Waals surface area (Å²) in [7, 11) is 4.36. The molecule has 0 spiro atoms. The molecule has 0 unspecified atom stereocenters. The van der Waals surface area contributed by atoms with E-state index in [1.165, 1.54) is 51.4 Å². The maximum Gasteiger partial charge on any atom is 0.166 e. The smallest absolute Gasteiger partial charge is 0.166 e. The lowest BCUT2D eigenvalue weighted by Gasteiger charge is -2.47. The summed E-state index contributed by atoms with van der Waals surface area (Å²) in [4.78, 5) is 2.35. The minimum atomic E-state index is 0.346. The number of hydrogen-bond donors (Lipinski definition) is 2. The molecule has 104 valence electrons. The first-order valence-electron chi connectivity index (χ1n) is 7.34. The molecule has 0 amide bonds. The van der Waals surface area contributed by atoms with E-state index in [0.29, 0.717) is 11.6 Å². The number of thiocarbonyl (C=S) groups is 1. The Kier molecular flexibility index (Phi) is 4.84. The minimum absolute atomic E-state index is 0.346. The molecule has 0 saturated heterocycles. The van der Waals surface area contributed by atoms with Gasteiger partial charge in [0.25, 0.3) is 0 Å². The minimum Gasteiger partial charge on any atom is -0.361 e. The molecule has 18 heavy (non-hydrogen) atoms. The molecule has 0 aromatic heterocycles. The van der Waals surface area contributed by atoms with Gasteiger partial charge in [0.15, 0.2) is 5.11 Å². The van der Waals surface area contributed by atoms with Gasteiger partial charge in [0.2, 0.25) is 0 Å². The van der Waals surface area contributed by atoms with Crippen LogP contribution >= 0.6 is 12.2 Å². The normalized spacial score (nSPS) is 23.5. The Morgan fingerprint density at radius 3 is 2.33 bits per heavy atom. The summed E-state index contributed by atoms with van der Waals surface area (Å²) in [5, 5.41) is 7.77. The van der Waals surface area contributed by atoms with Crippen molar-refractivity contribution in [3.05, 3.63) is 0 Å². The highest BCUT2D eigenvalue weighted by molar-refractivity contribution is 7.80. The molecule has 0 atom stereocenters. The second-order valence-electron chi connectivity index (χ2n) is 6.13. The van der Waals surface area contributed by atoms with Gasteiger partial charge in [-0.25, -0.2) is 0 Å². The predicted molar refractivity (Wildman–Crippen MR) is 80.9 cm³/mol. The number of nitrogens with zero attached hydrogens (tertiary/aromatic N) is 1. The van der Waals surface area contributed by atoms with Gasteiger partial charge in [0.05, 0.1) is 0 Å². The first kappa shape index (κ1) is 14.1. The zero-order valence-corrected chi connectivity index (χ0v) is 12.6. The Morgan fingerprint density at radius 1 is 1.17 bits per heavy atom. The van der Waals surface area contributed by atoms with Crippen LogP contribution in [-0.4, -0.2) is 42.2 Å². The Labute approximate surface area is 117 Å². The van der Waals surface area contributed by atoms with Crippen LogP contribution in [0.3, 0.4) is 0 Å². The summed E-state index contributed by atoms with van der Waals surface area (Å²) in [6.07, 6.45) is 10.6. The van der Waals surface area contributed by atoms with Gasteiger partial charge in [-0.3, -0.25) is 0 Å². The molecule has 2 N–H and O–H groups in total. The van der Waals surface area contributed by atoms with Gasteiger partial charge in [-0.1, -0.05) is 19.3 Å². The Bertz CT molecular complexity index is 281. The molecule has 0 aromatic carbocycles. The van der Waals surface area contributed by atoms with Crippen LogP contribution in [0.5, 0.6) is 0 Å². The van der Waals surface area contributed by atoms with Gasteiger partial charge in [-0.15, -0.1) is 0 Å². The van der Waals surface area contributed by atoms with Crippen molar-refractivity contribution in [2.24, 2.45) is 0 Å². The Balaban J connectivity index is 1.70. The quantitative estimate of drug-likeness (QED) is 0.766. The van der Waals surface area contributed by atoms with Crippen LogP contribution in [0.15, 0.2) is 0 Å². The highest BCUT2D eigenvalue weighted by atomic mass is 32.1. The van der Waals surface area contributed by atoms with Crippen LogP contribution in [0.1, 0.15) is 51.4 Å². The molecule has 0 aliphatic heterocycles. The van der Waals surface area contributed by atoms with E-state index >= 15 is 0 Å². The lowest BCUT2D eigenvalue weighted by Crippen LogP contribution is -2.58. The van der Waals surface area contributed by atoms with E-state index in [2.05, 4.69) is 29.6 Å². The standard InChI is InChI=1S/C14H27N3S/c1-17(2)14(9-6-10-14)11-15-13(18)16-12-7-4-3-5-8-12/h12H,3-11H2,1-2H3,(H2,15,16,18). The summed E-state index contributed by atoms with van der Waals surface area (Å²) in [5.74, 6) is 0. The highest BCUT2D eigenvalue weighted by Crippen LogP contribution is 2.35. The number of rotatable bonds is 4. The molecule has 2 saturated carbocycles. The van der Waals surface area contributed by atoms with Crippen LogP contribution in [0.4, 0.5) is 0 Å². The molecular weight excluding hydrogens is 242 g/mol. The highest BCUT2D eigenvalue weighted by Gasteiger charge is 2.38. The van der Waals surface area contributed by atoms with E-state index in [-0.39, 0.29) is 0 Å². The molecule has 0 radical (unpaired) electrons. The van der Waals surface area contributed by atoms with E-state index in [1.54, 1.807) is 0 Å². The molecule has 0 heterocycles. The number of nitrogens with one attached hydrogen (secondary N) is 2. The van der Waals surface area contributed by atoms with E-state index in [4.69, 9.17) is 12.2 Å². The van der Waals surface area contributed by atoms with E-state index in [0.717, 1.165) is 11.7 Å². The third-order valence-corrected chi connectivity index (χ3v) is 5.01. The summed E-state index contributed by atoms with van der Waals surface area (Å²) in [5.41, 5.74) is 0.346. The van der Waals surface area contributed by atoms with Crippen LogP contribution in [-0.2, 0) is 0 Å². The average Bonchev–Trinajstić information content (AvgIpc) is 2.28. The van der Waals surface area contributed by atoms with Gasteiger partial charge in [-0.2, -0.15) is 0 Å². The Morgan fingerprint density at radius 2 is 1.83 bits per heavy atom. The number of hydrogen-bond acceptors (Lipinski definition) is 2. The molecule has 2 aliphatic carbocycles. The Hall–Kier alpha value is -0.350. The van der Waals surface area contributed by atoms with Crippen molar-refractivity contribution in [3.63, 3.8) is 0 Å². The first-order valence-corrected chi connectivity index (χ1v) is 7.75. The molecule has 3 nitrogen and oxygen atoms in total. The zero-order valence-electron chi connectivity index (χ0n) is 11.8. The van der Waals surface area contributed by atoms with Crippen molar-refractivity contribution in [2.45, 2.75) is 62.9 Å². The third kappa shape index (κ3) is 3.35. The van der Waals surface area contributed by atoms with E-state index in [9.17, 15) is 0 Å². The maximum atomic E-state index is 5.42. The molecular formula is C14H27N3S. The number of likely N-dealkylation sites (N-methyl/N-ethyl adjacent to an activating group) is 1. The SMILES string of the molecule is CN(C)C1(CNC(=S)NC2CCCCC2)CCC1. The van der Waals surface area contributed by atoms with Crippen molar-refractivity contribution in [3.8, 4) is 0 Å². The molecule has 0 aromatic rings. The van der Waals surface area contributed by atoms with Crippen molar-refractivity contribution in [1.82, 2.24) is 15.5 Å². The summed E-state index contributed by atoms with van der Waals surface area (Å²) < 4.78 is 0. The second-order valence-corrected chi connectivity index (χ2v) is 6.54. The molecule has 4 heteroatoms. The first-order chi connectivity index (χ1) is 8.62. The summed E-state index contributed by atoms with van der Waals surface area (Å²) in [6, 6.07) is 0.607. The van der Waals surface area contributed by atoms with Gasteiger partial charge >= 0.3 is 0 Å². The fraction of sp³-hybridized carbons (Fsp3) is 0.929. The molecule has 2 fully saturated rings. The van der Waals surface area contributed by atoms with Gasteiger partial charge in [0.1, 0.15) is 0 Å². The monoisotopic (exact) mass is 269 g/mol. The van der Waals surface area contributed by atoms with Crippen LogP contribution < -0.4 is 10.6 Å². The van der Waals surface area contributed by atoms with Crippen molar-refractivity contribution in [1.29, 1.82) is 0 Å². The van der Waals surface area contributed by atoms with Crippen LogP contribution in [0.25, 0.3) is 0 Å². The lowest BCUT2D eigenvalue weighted by molar-refractivity contribution is 0.0647. The molecule has 0 bridgehead atoms. The van der Waals surface area contributed by atoms with Crippen LogP contribution in [0.2, 0.25) is 0 Å². The van der Waals surface area contributed by atoms with Gasteiger partial charge in [0, 0.05) is 18.1 Å².